The molecule has 0 fully saturated rings. The third kappa shape index (κ3) is 4.41. The van der Waals surface area contributed by atoms with E-state index in [1.165, 1.54) is 6.07 Å². The van der Waals surface area contributed by atoms with Crippen LogP contribution in [0.4, 0.5) is 4.39 Å². The van der Waals surface area contributed by atoms with E-state index in [0.717, 1.165) is 18.5 Å². The van der Waals surface area contributed by atoms with E-state index < -0.39 is 0 Å². The van der Waals surface area contributed by atoms with Crippen LogP contribution in [0.3, 0.4) is 0 Å². The van der Waals surface area contributed by atoms with Crippen molar-refractivity contribution in [2.45, 2.75) is 19.8 Å². The van der Waals surface area contributed by atoms with Crippen LogP contribution in [0.1, 0.15) is 18.9 Å². The molecule has 0 aliphatic carbocycles. The number of carbonyl (C=O) groups is 1. The van der Waals surface area contributed by atoms with Gasteiger partial charge >= 0.3 is 0 Å². The zero-order valence-electron chi connectivity index (χ0n) is 9.22. The zero-order chi connectivity index (χ0) is 12.0. The van der Waals surface area contributed by atoms with Crippen molar-refractivity contribution < 1.29 is 9.18 Å². The molecule has 1 aromatic carbocycles. The first-order valence-electron chi connectivity index (χ1n) is 5.29. The lowest BCUT2D eigenvalue weighted by molar-refractivity contribution is -0.117. The Hall–Kier alpha value is -0.740. The van der Waals surface area contributed by atoms with Gasteiger partial charge in [-0.1, -0.05) is 13.0 Å². The van der Waals surface area contributed by atoms with Crippen LogP contribution in [-0.2, 0) is 11.2 Å². The molecule has 2 nitrogen and oxygen atoms in total. The number of nitrogens with one attached hydrogen (secondary N) is 1. The standard InChI is InChI=1S/C12H15BrFNO/c1-2-5-15-8-10(16)6-9-3-4-12(14)11(13)7-9/h3-4,7,15H,2,5-6,8H2,1H3. The van der Waals surface area contributed by atoms with Crippen LogP contribution in [0.25, 0.3) is 0 Å². The molecule has 0 aliphatic heterocycles. The summed E-state index contributed by atoms with van der Waals surface area (Å²) in [6.07, 6.45) is 1.35. The predicted octanol–water partition coefficient (Wildman–Crippen LogP) is 2.70. The maximum absolute atomic E-state index is 12.9. The van der Waals surface area contributed by atoms with E-state index in [0.29, 0.717) is 17.4 Å². The Bertz CT molecular complexity index is 368. The van der Waals surface area contributed by atoms with Gasteiger partial charge in [-0.05, 0) is 46.6 Å². The monoisotopic (exact) mass is 287 g/mol. The van der Waals surface area contributed by atoms with Gasteiger partial charge in [-0.3, -0.25) is 4.79 Å². The van der Waals surface area contributed by atoms with Gasteiger partial charge < -0.3 is 5.32 Å². The van der Waals surface area contributed by atoms with Crippen molar-refractivity contribution >= 4 is 21.7 Å². The Morgan fingerprint density at radius 3 is 2.88 bits per heavy atom. The van der Waals surface area contributed by atoms with E-state index in [9.17, 15) is 9.18 Å². The lowest BCUT2D eigenvalue weighted by Gasteiger charge is -2.03. The van der Waals surface area contributed by atoms with E-state index in [-0.39, 0.29) is 11.6 Å². The number of hydrogen-bond acceptors (Lipinski definition) is 2. The Morgan fingerprint density at radius 2 is 2.25 bits per heavy atom. The lowest BCUT2D eigenvalue weighted by atomic mass is 10.1. The van der Waals surface area contributed by atoms with Crippen molar-refractivity contribution in [3.05, 3.63) is 34.1 Å². The third-order valence-corrected chi connectivity index (χ3v) is 2.74. The molecular weight excluding hydrogens is 273 g/mol. The number of rotatable bonds is 6. The maximum atomic E-state index is 12.9. The average molecular weight is 288 g/mol. The number of Topliss-reactive ketones (excluding diaryl/α,β-unsaturated/α-hetero) is 1. The summed E-state index contributed by atoms with van der Waals surface area (Å²) in [6.45, 7) is 3.27. The van der Waals surface area contributed by atoms with E-state index >= 15 is 0 Å². The van der Waals surface area contributed by atoms with Crippen molar-refractivity contribution in [3.63, 3.8) is 0 Å². The first-order valence-corrected chi connectivity index (χ1v) is 6.09. The molecular formula is C12H15BrFNO. The fourth-order valence-electron chi connectivity index (χ4n) is 1.34. The van der Waals surface area contributed by atoms with Gasteiger partial charge in [0.15, 0.2) is 5.78 Å². The first-order chi connectivity index (χ1) is 7.63. The highest BCUT2D eigenvalue weighted by molar-refractivity contribution is 9.10. The van der Waals surface area contributed by atoms with Crippen LogP contribution in [0, 0.1) is 5.82 Å². The van der Waals surface area contributed by atoms with Crippen molar-refractivity contribution in [3.8, 4) is 0 Å². The van der Waals surface area contributed by atoms with Crippen molar-refractivity contribution in [1.82, 2.24) is 5.32 Å². The Morgan fingerprint density at radius 1 is 1.50 bits per heavy atom. The predicted molar refractivity (Wildman–Crippen MR) is 66.0 cm³/mol. The molecule has 4 heteroatoms. The molecule has 0 saturated carbocycles. The van der Waals surface area contributed by atoms with E-state index in [1.54, 1.807) is 12.1 Å². The molecule has 0 amide bonds. The first kappa shape index (κ1) is 13.3. The molecule has 0 atom stereocenters. The third-order valence-electron chi connectivity index (χ3n) is 2.13. The molecule has 0 saturated heterocycles. The number of ketones is 1. The molecule has 0 unspecified atom stereocenters. The zero-order valence-corrected chi connectivity index (χ0v) is 10.8. The molecule has 0 heterocycles. The molecule has 0 radical (unpaired) electrons. The minimum atomic E-state index is -0.305. The van der Waals surface area contributed by atoms with E-state index in [4.69, 9.17) is 0 Å². The second-order valence-electron chi connectivity index (χ2n) is 3.64. The second kappa shape index (κ2) is 6.76. The summed E-state index contributed by atoms with van der Waals surface area (Å²) < 4.78 is 13.3. The molecule has 88 valence electrons. The Balaban J connectivity index is 2.46. The topological polar surface area (TPSA) is 29.1 Å². The fraction of sp³-hybridized carbons (Fsp3) is 0.417. The van der Waals surface area contributed by atoms with E-state index in [1.807, 2.05) is 0 Å². The highest BCUT2D eigenvalue weighted by atomic mass is 79.9. The van der Waals surface area contributed by atoms with Crippen molar-refractivity contribution in [1.29, 1.82) is 0 Å². The van der Waals surface area contributed by atoms with Crippen LogP contribution in [0.2, 0.25) is 0 Å². The largest absolute Gasteiger partial charge is 0.310 e. The summed E-state index contributed by atoms with van der Waals surface area (Å²) in [4.78, 5) is 11.5. The fourth-order valence-corrected chi connectivity index (χ4v) is 1.77. The van der Waals surface area contributed by atoms with Crippen LogP contribution >= 0.6 is 15.9 Å². The molecule has 0 spiro atoms. The summed E-state index contributed by atoms with van der Waals surface area (Å²) in [5.74, 6) is -0.188. The quantitative estimate of drug-likeness (QED) is 0.815. The van der Waals surface area contributed by atoms with Gasteiger partial charge in [0.2, 0.25) is 0 Å². The number of hydrogen-bond donors (Lipinski definition) is 1. The molecule has 16 heavy (non-hydrogen) atoms. The van der Waals surface area contributed by atoms with E-state index in [2.05, 4.69) is 28.2 Å². The summed E-state index contributed by atoms with van der Waals surface area (Å²) >= 11 is 3.10. The van der Waals surface area contributed by atoms with Gasteiger partial charge in [-0.2, -0.15) is 0 Å². The molecule has 0 aliphatic rings. The van der Waals surface area contributed by atoms with Crippen LogP contribution in [-0.4, -0.2) is 18.9 Å². The SMILES string of the molecule is CCCNCC(=O)Cc1ccc(F)c(Br)c1. The molecule has 1 rings (SSSR count). The van der Waals surface area contributed by atoms with Gasteiger partial charge in [-0.25, -0.2) is 4.39 Å². The summed E-state index contributed by atoms with van der Waals surface area (Å²) in [7, 11) is 0. The van der Waals surface area contributed by atoms with Crippen LogP contribution in [0.15, 0.2) is 22.7 Å². The molecule has 1 N–H and O–H groups in total. The summed E-state index contributed by atoms with van der Waals surface area (Å²) in [5.41, 5.74) is 0.830. The molecule has 0 aromatic heterocycles. The summed E-state index contributed by atoms with van der Waals surface area (Å²) in [6, 6.07) is 4.65. The second-order valence-corrected chi connectivity index (χ2v) is 4.50. The number of benzene rings is 1. The lowest BCUT2D eigenvalue weighted by Crippen LogP contribution is -2.24. The molecule has 1 aromatic rings. The minimum Gasteiger partial charge on any atom is -0.310 e. The van der Waals surface area contributed by atoms with Gasteiger partial charge in [0.1, 0.15) is 5.82 Å². The number of carbonyl (C=O) groups excluding carboxylic acids is 1. The van der Waals surface area contributed by atoms with Gasteiger partial charge in [-0.15, -0.1) is 0 Å². The van der Waals surface area contributed by atoms with Crippen LogP contribution in [0.5, 0.6) is 0 Å². The Kier molecular flexibility index (Phi) is 5.63. The van der Waals surface area contributed by atoms with Gasteiger partial charge in [0, 0.05) is 6.42 Å². The van der Waals surface area contributed by atoms with Crippen molar-refractivity contribution in [2.24, 2.45) is 0 Å². The smallest absolute Gasteiger partial charge is 0.150 e. The number of halogens is 2. The highest BCUT2D eigenvalue weighted by Crippen LogP contribution is 2.17. The highest BCUT2D eigenvalue weighted by Gasteiger charge is 2.05. The van der Waals surface area contributed by atoms with Crippen molar-refractivity contribution in [2.75, 3.05) is 13.1 Å². The average Bonchev–Trinajstić information content (AvgIpc) is 2.24. The minimum absolute atomic E-state index is 0.118. The van der Waals surface area contributed by atoms with Gasteiger partial charge in [0.05, 0.1) is 11.0 Å². The Labute approximate surface area is 103 Å². The maximum Gasteiger partial charge on any atom is 0.150 e. The van der Waals surface area contributed by atoms with Crippen LogP contribution < -0.4 is 5.32 Å². The normalized spacial score (nSPS) is 10.4. The van der Waals surface area contributed by atoms with Gasteiger partial charge in [0.25, 0.3) is 0 Å². The summed E-state index contributed by atoms with van der Waals surface area (Å²) in [5, 5.41) is 3.05. The molecule has 0 bridgehead atoms.